The summed E-state index contributed by atoms with van der Waals surface area (Å²) in [5, 5.41) is 1.85. The van der Waals surface area contributed by atoms with Gasteiger partial charge in [-0.2, -0.15) is 0 Å². The largest absolute Gasteiger partial charge is 0.327 e. The third-order valence-electron chi connectivity index (χ3n) is 2.29. The van der Waals surface area contributed by atoms with Crippen LogP contribution in [-0.2, 0) is 0 Å². The van der Waals surface area contributed by atoms with E-state index in [1.165, 1.54) is 0 Å². The molecule has 0 aliphatic heterocycles. The highest BCUT2D eigenvalue weighted by Gasteiger charge is 2.29. The van der Waals surface area contributed by atoms with Gasteiger partial charge in [-0.15, -0.1) is 0 Å². The topological polar surface area (TPSA) is 38.9 Å². The van der Waals surface area contributed by atoms with Crippen LogP contribution in [0, 0.1) is 5.41 Å². The van der Waals surface area contributed by atoms with E-state index in [1.54, 1.807) is 18.0 Å². The average molecular weight is 259 g/mol. The molecule has 16 heavy (non-hydrogen) atoms. The lowest BCUT2D eigenvalue weighted by Crippen LogP contribution is -2.39. The normalized spacial score (nSPS) is 15.9. The standard InChI is InChI=1S/C12H19ClN2S/c1-8(14)10(12(2,3)4)16-11-9(13)6-5-7-15-11/h5-8,10H,14H2,1-4H3. The lowest BCUT2D eigenvalue weighted by atomic mass is 9.88. The molecule has 1 aromatic heterocycles. The Bertz CT molecular complexity index is 347. The van der Waals surface area contributed by atoms with E-state index in [2.05, 4.69) is 25.8 Å². The number of nitrogens with zero attached hydrogens (tertiary/aromatic N) is 1. The zero-order valence-electron chi connectivity index (χ0n) is 10.2. The monoisotopic (exact) mass is 258 g/mol. The molecule has 0 aromatic carbocycles. The number of hydrogen-bond acceptors (Lipinski definition) is 3. The van der Waals surface area contributed by atoms with Crippen molar-refractivity contribution in [2.75, 3.05) is 0 Å². The van der Waals surface area contributed by atoms with Crippen molar-refractivity contribution in [3.05, 3.63) is 23.4 Å². The van der Waals surface area contributed by atoms with Gasteiger partial charge in [-0.1, -0.05) is 44.1 Å². The molecule has 0 bridgehead atoms. The Morgan fingerprint density at radius 2 is 2.06 bits per heavy atom. The van der Waals surface area contributed by atoms with E-state index in [4.69, 9.17) is 17.3 Å². The number of pyridine rings is 1. The van der Waals surface area contributed by atoms with Crippen LogP contribution in [0.1, 0.15) is 27.7 Å². The van der Waals surface area contributed by atoms with E-state index in [-0.39, 0.29) is 11.5 Å². The van der Waals surface area contributed by atoms with E-state index in [0.29, 0.717) is 10.3 Å². The molecule has 1 aromatic rings. The summed E-state index contributed by atoms with van der Waals surface area (Å²) in [6.07, 6.45) is 1.76. The van der Waals surface area contributed by atoms with Gasteiger partial charge in [-0.25, -0.2) is 4.98 Å². The summed E-state index contributed by atoms with van der Waals surface area (Å²) < 4.78 is 0. The predicted molar refractivity (Wildman–Crippen MR) is 72.0 cm³/mol. The minimum absolute atomic E-state index is 0.100. The number of hydrogen-bond donors (Lipinski definition) is 1. The van der Waals surface area contributed by atoms with Gasteiger partial charge < -0.3 is 5.73 Å². The van der Waals surface area contributed by atoms with E-state index >= 15 is 0 Å². The molecule has 0 saturated carbocycles. The van der Waals surface area contributed by atoms with Crippen LogP contribution in [0.25, 0.3) is 0 Å². The van der Waals surface area contributed by atoms with Crippen LogP contribution in [0.5, 0.6) is 0 Å². The highest BCUT2D eigenvalue weighted by Crippen LogP contribution is 2.38. The Hall–Kier alpha value is -0.250. The highest BCUT2D eigenvalue weighted by molar-refractivity contribution is 8.00. The van der Waals surface area contributed by atoms with Crippen molar-refractivity contribution in [1.82, 2.24) is 4.98 Å². The Kier molecular flexibility index (Phi) is 4.65. The van der Waals surface area contributed by atoms with Crippen molar-refractivity contribution in [3.8, 4) is 0 Å². The molecule has 0 aliphatic rings. The van der Waals surface area contributed by atoms with Gasteiger partial charge in [0.05, 0.1) is 5.02 Å². The molecule has 1 rings (SSSR count). The van der Waals surface area contributed by atoms with Gasteiger partial charge in [0.25, 0.3) is 0 Å². The van der Waals surface area contributed by atoms with Crippen molar-refractivity contribution in [3.63, 3.8) is 0 Å². The van der Waals surface area contributed by atoms with Gasteiger partial charge in [-0.05, 0) is 24.5 Å². The summed E-state index contributed by atoms with van der Waals surface area (Å²) in [5.74, 6) is 0. The predicted octanol–water partition coefficient (Wildman–Crippen LogP) is 3.59. The average Bonchev–Trinajstić information content (AvgIpc) is 2.14. The summed E-state index contributed by atoms with van der Waals surface area (Å²) in [7, 11) is 0. The van der Waals surface area contributed by atoms with Gasteiger partial charge in [-0.3, -0.25) is 0 Å². The maximum Gasteiger partial charge on any atom is 0.115 e. The van der Waals surface area contributed by atoms with Crippen LogP contribution in [0.4, 0.5) is 0 Å². The number of rotatable bonds is 3. The second-order valence-corrected chi connectivity index (χ2v) is 6.59. The lowest BCUT2D eigenvalue weighted by molar-refractivity contribution is 0.363. The quantitative estimate of drug-likeness (QED) is 0.843. The first-order chi connectivity index (χ1) is 7.32. The summed E-state index contributed by atoms with van der Waals surface area (Å²) in [4.78, 5) is 4.29. The fourth-order valence-corrected chi connectivity index (χ4v) is 3.02. The van der Waals surface area contributed by atoms with E-state index in [1.807, 2.05) is 19.1 Å². The van der Waals surface area contributed by atoms with Gasteiger partial charge in [0.2, 0.25) is 0 Å². The Morgan fingerprint density at radius 1 is 1.44 bits per heavy atom. The van der Waals surface area contributed by atoms with Crippen LogP contribution in [0.15, 0.2) is 23.4 Å². The number of nitrogens with two attached hydrogens (primary N) is 1. The van der Waals surface area contributed by atoms with Crippen molar-refractivity contribution >= 4 is 23.4 Å². The maximum atomic E-state index is 6.10. The maximum absolute atomic E-state index is 6.10. The molecule has 2 N–H and O–H groups in total. The Labute approximate surface area is 107 Å². The first-order valence-corrected chi connectivity index (χ1v) is 6.61. The molecule has 1 heterocycles. The summed E-state index contributed by atoms with van der Waals surface area (Å²) in [6.45, 7) is 8.58. The molecule has 2 atom stereocenters. The molecule has 0 spiro atoms. The zero-order chi connectivity index (χ0) is 12.3. The van der Waals surface area contributed by atoms with E-state index in [9.17, 15) is 0 Å². The van der Waals surface area contributed by atoms with Gasteiger partial charge in [0, 0.05) is 17.5 Å². The Morgan fingerprint density at radius 3 is 2.50 bits per heavy atom. The first kappa shape index (κ1) is 13.8. The molecular weight excluding hydrogens is 240 g/mol. The van der Waals surface area contributed by atoms with Gasteiger partial charge in [0.1, 0.15) is 5.03 Å². The van der Waals surface area contributed by atoms with Crippen molar-refractivity contribution in [2.24, 2.45) is 11.1 Å². The minimum atomic E-state index is 0.100. The Balaban J connectivity index is 2.89. The second-order valence-electron chi connectivity index (χ2n) is 5.05. The molecule has 90 valence electrons. The van der Waals surface area contributed by atoms with Gasteiger partial charge in [0.15, 0.2) is 0 Å². The summed E-state index contributed by atoms with van der Waals surface area (Å²) in [6, 6.07) is 3.80. The van der Waals surface area contributed by atoms with Crippen LogP contribution >= 0.6 is 23.4 Å². The first-order valence-electron chi connectivity index (χ1n) is 5.35. The van der Waals surface area contributed by atoms with Crippen LogP contribution in [0.3, 0.4) is 0 Å². The van der Waals surface area contributed by atoms with Gasteiger partial charge >= 0.3 is 0 Å². The molecule has 0 radical (unpaired) electrons. The summed E-state index contributed by atoms with van der Waals surface area (Å²) in [5.41, 5.74) is 6.15. The third kappa shape index (κ3) is 3.65. The van der Waals surface area contributed by atoms with Crippen LogP contribution in [0.2, 0.25) is 5.02 Å². The second kappa shape index (κ2) is 5.39. The zero-order valence-corrected chi connectivity index (χ0v) is 11.8. The third-order valence-corrected chi connectivity index (χ3v) is 4.65. The van der Waals surface area contributed by atoms with E-state index in [0.717, 1.165) is 5.03 Å². The minimum Gasteiger partial charge on any atom is -0.327 e. The highest BCUT2D eigenvalue weighted by atomic mass is 35.5. The molecule has 4 heteroatoms. The fraction of sp³-hybridized carbons (Fsp3) is 0.583. The SMILES string of the molecule is CC(N)C(Sc1ncccc1Cl)C(C)(C)C. The molecule has 0 saturated heterocycles. The molecule has 2 unspecified atom stereocenters. The number of aromatic nitrogens is 1. The van der Waals surface area contributed by atoms with Crippen LogP contribution in [-0.4, -0.2) is 16.3 Å². The van der Waals surface area contributed by atoms with E-state index < -0.39 is 0 Å². The van der Waals surface area contributed by atoms with Crippen LogP contribution < -0.4 is 5.73 Å². The molecule has 0 amide bonds. The fourth-order valence-electron chi connectivity index (χ4n) is 1.65. The molecule has 0 fully saturated rings. The van der Waals surface area contributed by atoms with Crippen molar-refractivity contribution in [2.45, 2.75) is 44.0 Å². The van der Waals surface area contributed by atoms with Crippen molar-refractivity contribution in [1.29, 1.82) is 0 Å². The number of thioether (sulfide) groups is 1. The molecule has 0 aliphatic carbocycles. The molecular formula is C12H19ClN2S. The molecule has 2 nitrogen and oxygen atoms in total. The van der Waals surface area contributed by atoms with Crippen molar-refractivity contribution < 1.29 is 0 Å². The lowest BCUT2D eigenvalue weighted by Gasteiger charge is -2.32. The number of halogens is 1. The summed E-state index contributed by atoms with van der Waals surface area (Å²) >= 11 is 7.76. The smallest absolute Gasteiger partial charge is 0.115 e.